The SMILES string of the molecule is [CH2]CCCCCCOCCCCCCCc1ccc(Cl)cc1. The van der Waals surface area contributed by atoms with E-state index in [1.807, 2.05) is 12.1 Å². The van der Waals surface area contributed by atoms with Gasteiger partial charge in [0.2, 0.25) is 0 Å². The normalized spacial score (nSPS) is 11.0. The van der Waals surface area contributed by atoms with Crippen LogP contribution in [0.4, 0.5) is 0 Å². The van der Waals surface area contributed by atoms with E-state index in [-0.39, 0.29) is 0 Å². The predicted molar refractivity (Wildman–Crippen MR) is 97.5 cm³/mol. The molecular formula is C20H32ClO. The molecule has 125 valence electrons. The first kappa shape index (κ1) is 19.5. The lowest BCUT2D eigenvalue weighted by molar-refractivity contribution is 0.125. The largest absolute Gasteiger partial charge is 0.381 e. The van der Waals surface area contributed by atoms with Gasteiger partial charge in [-0.3, -0.25) is 0 Å². The van der Waals surface area contributed by atoms with Gasteiger partial charge in [-0.05, 0) is 43.4 Å². The Morgan fingerprint density at radius 3 is 1.91 bits per heavy atom. The van der Waals surface area contributed by atoms with Crippen molar-refractivity contribution in [1.29, 1.82) is 0 Å². The van der Waals surface area contributed by atoms with Crippen molar-refractivity contribution in [1.82, 2.24) is 0 Å². The molecule has 22 heavy (non-hydrogen) atoms. The molecule has 0 saturated heterocycles. The third kappa shape index (κ3) is 11.1. The predicted octanol–water partition coefficient (Wildman–Crippen LogP) is 6.63. The molecule has 0 bridgehead atoms. The van der Waals surface area contributed by atoms with E-state index in [9.17, 15) is 0 Å². The summed E-state index contributed by atoms with van der Waals surface area (Å²) in [5.74, 6) is 0. The summed E-state index contributed by atoms with van der Waals surface area (Å²) >= 11 is 5.88. The molecule has 0 fully saturated rings. The number of rotatable bonds is 14. The number of benzene rings is 1. The zero-order valence-corrected chi connectivity index (χ0v) is 14.8. The van der Waals surface area contributed by atoms with Gasteiger partial charge in [0.1, 0.15) is 0 Å². The maximum absolute atomic E-state index is 5.88. The van der Waals surface area contributed by atoms with Crippen molar-refractivity contribution in [2.24, 2.45) is 0 Å². The molecule has 1 nitrogen and oxygen atoms in total. The van der Waals surface area contributed by atoms with Crippen LogP contribution in [0.15, 0.2) is 24.3 Å². The Morgan fingerprint density at radius 2 is 1.27 bits per heavy atom. The molecule has 0 atom stereocenters. The standard InChI is InChI=1S/C20H32ClO/c1-2-3-4-7-10-17-22-18-11-8-5-6-9-12-19-13-15-20(21)16-14-19/h13-16H,1-12,17-18H2. The van der Waals surface area contributed by atoms with Crippen LogP contribution in [0.5, 0.6) is 0 Å². The average molecular weight is 324 g/mol. The van der Waals surface area contributed by atoms with Crippen LogP contribution in [-0.4, -0.2) is 13.2 Å². The fraction of sp³-hybridized carbons (Fsp3) is 0.650. The van der Waals surface area contributed by atoms with Gasteiger partial charge in [-0.1, -0.05) is 75.6 Å². The van der Waals surface area contributed by atoms with Crippen molar-refractivity contribution in [3.8, 4) is 0 Å². The molecule has 0 amide bonds. The highest BCUT2D eigenvalue weighted by Gasteiger charge is 1.95. The van der Waals surface area contributed by atoms with E-state index in [2.05, 4.69) is 19.1 Å². The summed E-state index contributed by atoms with van der Waals surface area (Å²) in [6.07, 6.45) is 13.7. The average Bonchev–Trinajstić information content (AvgIpc) is 2.53. The molecule has 0 unspecified atom stereocenters. The van der Waals surface area contributed by atoms with E-state index in [1.165, 1.54) is 69.8 Å². The lowest BCUT2D eigenvalue weighted by atomic mass is 10.1. The summed E-state index contributed by atoms with van der Waals surface area (Å²) in [5.41, 5.74) is 1.39. The molecule has 1 rings (SSSR count). The molecular weight excluding hydrogens is 292 g/mol. The van der Waals surface area contributed by atoms with Crippen LogP contribution in [0.2, 0.25) is 5.02 Å². The molecule has 0 heterocycles. The highest BCUT2D eigenvalue weighted by atomic mass is 35.5. The molecule has 2 heteroatoms. The van der Waals surface area contributed by atoms with Crippen molar-refractivity contribution >= 4 is 11.6 Å². The van der Waals surface area contributed by atoms with E-state index in [0.717, 1.165) is 24.7 Å². The zero-order chi connectivity index (χ0) is 15.9. The van der Waals surface area contributed by atoms with Crippen molar-refractivity contribution < 1.29 is 4.74 Å². The Balaban J connectivity index is 1.79. The maximum atomic E-state index is 5.88. The smallest absolute Gasteiger partial charge is 0.0466 e. The molecule has 1 aromatic rings. The molecule has 0 aliphatic carbocycles. The lowest BCUT2D eigenvalue weighted by Gasteiger charge is -2.05. The molecule has 0 aliphatic rings. The Kier molecular flexibility index (Phi) is 12.5. The first-order chi connectivity index (χ1) is 10.8. The van der Waals surface area contributed by atoms with Gasteiger partial charge < -0.3 is 4.74 Å². The number of hydrogen-bond donors (Lipinski definition) is 0. The van der Waals surface area contributed by atoms with Crippen LogP contribution >= 0.6 is 11.6 Å². The summed E-state index contributed by atoms with van der Waals surface area (Å²) < 4.78 is 5.67. The van der Waals surface area contributed by atoms with Gasteiger partial charge >= 0.3 is 0 Å². The molecule has 0 saturated carbocycles. The van der Waals surface area contributed by atoms with Gasteiger partial charge in [0.15, 0.2) is 0 Å². The van der Waals surface area contributed by atoms with Crippen molar-refractivity contribution in [3.05, 3.63) is 41.8 Å². The fourth-order valence-electron chi connectivity index (χ4n) is 2.55. The van der Waals surface area contributed by atoms with E-state index in [0.29, 0.717) is 0 Å². The fourth-order valence-corrected chi connectivity index (χ4v) is 2.68. The van der Waals surface area contributed by atoms with Crippen molar-refractivity contribution in [2.45, 2.75) is 70.6 Å². The first-order valence-corrected chi connectivity index (χ1v) is 9.32. The second kappa shape index (κ2) is 14.1. The molecule has 0 spiro atoms. The third-order valence-electron chi connectivity index (χ3n) is 3.96. The van der Waals surface area contributed by atoms with E-state index < -0.39 is 0 Å². The molecule has 0 aliphatic heterocycles. The van der Waals surface area contributed by atoms with Gasteiger partial charge in [0.05, 0.1) is 0 Å². The Labute approximate surface area is 142 Å². The maximum Gasteiger partial charge on any atom is 0.0466 e. The molecule has 1 aromatic carbocycles. The van der Waals surface area contributed by atoms with Gasteiger partial charge in [-0.25, -0.2) is 0 Å². The zero-order valence-electron chi connectivity index (χ0n) is 14.0. The first-order valence-electron chi connectivity index (χ1n) is 8.94. The minimum absolute atomic E-state index is 0.825. The highest BCUT2D eigenvalue weighted by molar-refractivity contribution is 6.30. The van der Waals surface area contributed by atoms with Crippen LogP contribution < -0.4 is 0 Å². The van der Waals surface area contributed by atoms with Crippen LogP contribution in [0, 0.1) is 6.92 Å². The lowest BCUT2D eigenvalue weighted by Crippen LogP contribution is -1.97. The third-order valence-corrected chi connectivity index (χ3v) is 4.21. The summed E-state index contributed by atoms with van der Waals surface area (Å²) in [6, 6.07) is 8.22. The number of ether oxygens (including phenoxy) is 1. The monoisotopic (exact) mass is 323 g/mol. The number of hydrogen-bond acceptors (Lipinski definition) is 1. The van der Waals surface area contributed by atoms with Gasteiger partial charge in [0, 0.05) is 18.2 Å². The van der Waals surface area contributed by atoms with Gasteiger partial charge in [-0.15, -0.1) is 0 Å². The molecule has 0 N–H and O–H groups in total. The second-order valence-corrected chi connectivity index (χ2v) is 6.46. The van der Waals surface area contributed by atoms with Gasteiger partial charge in [0.25, 0.3) is 0 Å². The Bertz CT molecular complexity index is 347. The highest BCUT2D eigenvalue weighted by Crippen LogP contribution is 2.13. The van der Waals surface area contributed by atoms with Crippen LogP contribution in [0.25, 0.3) is 0 Å². The van der Waals surface area contributed by atoms with Gasteiger partial charge in [-0.2, -0.15) is 0 Å². The topological polar surface area (TPSA) is 9.23 Å². The van der Waals surface area contributed by atoms with Crippen LogP contribution in [-0.2, 0) is 11.2 Å². The number of halogens is 1. The molecule has 0 aromatic heterocycles. The Morgan fingerprint density at radius 1 is 0.727 bits per heavy atom. The van der Waals surface area contributed by atoms with E-state index >= 15 is 0 Å². The number of unbranched alkanes of at least 4 members (excludes halogenated alkanes) is 8. The summed E-state index contributed by atoms with van der Waals surface area (Å²) in [5, 5.41) is 0.825. The number of aryl methyl sites for hydroxylation is 1. The van der Waals surface area contributed by atoms with Crippen LogP contribution in [0.1, 0.15) is 69.8 Å². The summed E-state index contributed by atoms with van der Waals surface area (Å²) in [7, 11) is 0. The minimum Gasteiger partial charge on any atom is -0.381 e. The second-order valence-electron chi connectivity index (χ2n) is 6.02. The quantitative estimate of drug-likeness (QED) is 0.349. The Hall–Kier alpha value is -0.530. The molecule has 1 radical (unpaired) electrons. The van der Waals surface area contributed by atoms with E-state index in [4.69, 9.17) is 16.3 Å². The van der Waals surface area contributed by atoms with E-state index in [1.54, 1.807) is 0 Å². The minimum atomic E-state index is 0.825. The van der Waals surface area contributed by atoms with Crippen molar-refractivity contribution in [3.63, 3.8) is 0 Å². The summed E-state index contributed by atoms with van der Waals surface area (Å²) in [6.45, 7) is 5.73. The van der Waals surface area contributed by atoms with Crippen molar-refractivity contribution in [2.75, 3.05) is 13.2 Å². The van der Waals surface area contributed by atoms with Crippen LogP contribution in [0.3, 0.4) is 0 Å². The summed E-state index contributed by atoms with van der Waals surface area (Å²) in [4.78, 5) is 0.